The molecule has 1 N–H and O–H groups in total. The minimum Gasteiger partial charge on any atom is -0.384 e. The molecule has 0 aromatic rings. The monoisotopic (exact) mass is 342 g/mol. The van der Waals surface area contributed by atoms with Gasteiger partial charge in [0.25, 0.3) is 0 Å². The van der Waals surface area contributed by atoms with Gasteiger partial charge < -0.3 is 24.1 Å². The Bertz CT molecular complexity index is 455. The zero-order chi connectivity index (χ0) is 17.7. The summed E-state index contributed by atoms with van der Waals surface area (Å²) >= 11 is 0. The SMILES string of the molecule is COC1(C)CC[C@H]2[C@H](C)CC[C@H]3[C@@H](C)C(OC(C)C)O[C@H](O1)[C@@]23O. The maximum Gasteiger partial charge on any atom is 0.193 e. The Morgan fingerprint density at radius 1 is 1.12 bits per heavy atom. The molecular formula is C19H34O5. The molecule has 140 valence electrons. The standard InChI is InChI=1S/C19H34O5/c1-11(2)22-16-13(4)15-8-7-12(3)14-9-10-18(5,21-6)24-17(23-16)19(14,15)20/h11-17,20H,7-10H2,1-6H3/t12-,13-,14+,15+,16?,17-,18?,19-/m1/s1. The lowest BCUT2D eigenvalue weighted by Crippen LogP contribution is -2.67. The van der Waals surface area contributed by atoms with E-state index in [4.69, 9.17) is 18.9 Å². The molecule has 1 saturated carbocycles. The molecule has 24 heavy (non-hydrogen) atoms. The molecule has 0 radical (unpaired) electrons. The van der Waals surface area contributed by atoms with Gasteiger partial charge in [-0.1, -0.05) is 13.8 Å². The largest absolute Gasteiger partial charge is 0.384 e. The lowest BCUT2D eigenvalue weighted by Gasteiger charge is -2.57. The average molecular weight is 342 g/mol. The molecule has 0 bridgehead atoms. The summed E-state index contributed by atoms with van der Waals surface area (Å²) in [5.74, 6) is 0.153. The highest BCUT2D eigenvalue weighted by Crippen LogP contribution is 2.56. The highest BCUT2D eigenvalue weighted by atomic mass is 16.8. The van der Waals surface area contributed by atoms with Gasteiger partial charge >= 0.3 is 0 Å². The van der Waals surface area contributed by atoms with Crippen LogP contribution in [-0.4, -0.2) is 42.3 Å². The molecule has 0 aromatic heterocycles. The van der Waals surface area contributed by atoms with E-state index < -0.39 is 17.7 Å². The molecule has 2 aliphatic heterocycles. The Labute approximate surface area is 146 Å². The first kappa shape index (κ1) is 18.6. The zero-order valence-corrected chi connectivity index (χ0v) is 16.0. The van der Waals surface area contributed by atoms with Crippen LogP contribution in [0.2, 0.25) is 0 Å². The first-order valence-corrected chi connectivity index (χ1v) is 9.47. The van der Waals surface area contributed by atoms with E-state index >= 15 is 0 Å². The fraction of sp³-hybridized carbons (Fsp3) is 1.00. The van der Waals surface area contributed by atoms with Crippen molar-refractivity contribution >= 4 is 0 Å². The predicted octanol–water partition coefficient (Wildman–Crippen LogP) is 3.30. The highest BCUT2D eigenvalue weighted by Gasteiger charge is 2.63. The van der Waals surface area contributed by atoms with Gasteiger partial charge in [0, 0.05) is 25.4 Å². The van der Waals surface area contributed by atoms with Crippen LogP contribution in [0.3, 0.4) is 0 Å². The number of methoxy groups -OCH3 is 1. The van der Waals surface area contributed by atoms with Crippen molar-refractivity contribution in [1.29, 1.82) is 0 Å². The van der Waals surface area contributed by atoms with E-state index in [1.165, 1.54) is 0 Å². The van der Waals surface area contributed by atoms with E-state index in [9.17, 15) is 5.11 Å². The van der Waals surface area contributed by atoms with Crippen molar-refractivity contribution in [2.45, 2.75) is 90.4 Å². The Kier molecular flexibility index (Phi) is 5.04. The van der Waals surface area contributed by atoms with Crippen molar-refractivity contribution in [3.8, 4) is 0 Å². The van der Waals surface area contributed by atoms with E-state index in [2.05, 4.69) is 13.8 Å². The highest BCUT2D eigenvalue weighted by molar-refractivity contribution is 5.07. The molecule has 0 amide bonds. The normalized spacial score (nSPS) is 52.0. The van der Waals surface area contributed by atoms with E-state index in [0.29, 0.717) is 5.92 Å². The average Bonchev–Trinajstić information content (AvgIpc) is 2.62. The number of hydrogen-bond donors (Lipinski definition) is 1. The van der Waals surface area contributed by atoms with E-state index in [1.54, 1.807) is 7.11 Å². The van der Waals surface area contributed by atoms with E-state index in [1.807, 2.05) is 20.8 Å². The maximum absolute atomic E-state index is 11.8. The molecule has 8 atom stereocenters. The van der Waals surface area contributed by atoms with Crippen LogP contribution in [-0.2, 0) is 18.9 Å². The topological polar surface area (TPSA) is 57.2 Å². The quantitative estimate of drug-likeness (QED) is 0.853. The summed E-state index contributed by atoms with van der Waals surface area (Å²) in [4.78, 5) is 0. The first-order valence-electron chi connectivity index (χ1n) is 9.47. The number of aliphatic hydroxyl groups is 1. The van der Waals surface area contributed by atoms with Gasteiger partial charge in [0.2, 0.25) is 0 Å². The van der Waals surface area contributed by atoms with Gasteiger partial charge in [-0.3, -0.25) is 0 Å². The van der Waals surface area contributed by atoms with Gasteiger partial charge in [0.05, 0.1) is 6.10 Å². The van der Waals surface area contributed by atoms with Gasteiger partial charge in [-0.15, -0.1) is 0 Å². The lowest BCUT2D eigenvalue weighted by molar-refractivity contribution is -0.413. The molecule has 3 aliphatic rings. The molecular weight excluding hydrogens is 308 g/mol. The van der Waals surface area contributed by atoms with Crippen molar-refractivity contribution in [1.82, 2.24) is 0 Å². The third kappa shape index (κ3) is 2.92. The summed E-state index contributed by atoms with van der Waals surface area (Å²) in [6, 6.07) is 0. The molecule has 5 heteroatoms. The Morgan fingerprint density at radius 3 is 2.46 bits per heavy atom. The van der Waals surface area contributed by atoms with Crippen LogP contribution in [0.15, 0.2) is 0 Å². The number of rotatable bonds is 3. The molecule has 0 spiro atoms. The second kappa shape index (κ2) is 6.51. The van der Waals surface area contributed by atoms with Crippen LogP contribution in [0, 0.1) is 23.7 Å². The van der Waals surface area contributed by atoms with E-state index in [-0.39, 0.29) is 30.1 Å². The summed E-state index contributed by atoms with van der Waals surface area (Å²) in [6.45, 7) is 10.3. The molecule has 1 aliphatic carbocycles. The second-order valence-electron chi connectivity index (χ2n) is 8.53. The second-order valence-corrected chi connectivity index (χ2v) is 8.53. The molecule has 3 fully saturated rings. The van der Waals surface area contributed by atoms with Crippen LogP contribution in [0.1, 0.15) is 60.3 Å². The van der Waals surface area contributed by atoms with Crippen LogP contribution in [0.4, 0.5) is 0 Å². The van der Waals surface area contributed by atoms with Crippen LogP contribution in [0.25, 0.3) is 0 Å². The summed E-state index contributed by atoms with van der Waals surface area (Å²) in [5.41, 5.74) is -0.968. The summed E-state index contributed by atoms with van der Waals surface area (Å²) < 4.78 is 24.1. The van der Waals surface area contributed by atoms with Crippen molar-refractivity contribution in [2.24, 2.45) is 23.7 Å². The molecule has 2 unspecified atom stereocenters. The Balaban J connectivity index is 1.97. The van der Waals surface area contributed by atoms with E-state index in [0.717, 1.165) is 25.7 Å². The fourth-order valence-corrected chi connectivity index (χ4v) is 5.10. The van der Waals surface area contributed by atoms with Crippen LogP contribution in [0.5, 0.6) is 0 Å². The predicted molar refractivity (Wildman–Crippen MR) is 90.1 cm³/mol. The minimum atomic E-state index is -0.968. The van der Waals surface area contributed by atoms with Gasteiger partial charge in [0.1, 0.15) is 5.60 Å². The molecule has 2 heterocycles. The van der Waals surface area contributed by atoms with Crippen LogP contribution < -0.4 is 0 Å². The third-order valence-corrected chi connectivity index (χ3v) is 6.61. The van der Waals surface area contributed by atoms with Gasteiger partial charge in [0.15, 0.2) is 18.4 Å². The number of hydrogen-bond acceptors (Lipinski definition) is 5. The summed E-state index contributed by atoms with van der Waals surface area (Å²) in [5, 5.41) is 11.8. The van der Waals surface area contributed by atoms with Crippen molar-refractivity contribution < 1.29 is 24.1 Å². The summed E-state index contributed by atoms with van der Waals surface area (Å²) in [6.07, 6.45) is 2.78. The van der Waals surface area contributed by atoms with Gasteiger partial charge in [-0.25, -0.2) is 0 Å². The van der Waals surface area contributed by atoms with Crippen molar-refractivity contribution in [3.05, 3.63) is 0 Å². The molecule has 5 nitrogen and oxygen atoms in total. The smallest absolute Gasteiger partial charge is 0.193 e. The molecule has 3 rings (SSSR count). The molecule has 0 aromatic carbocycles. The van der Waals surface area contributed by atoms with Crippen molar-refractivity contribution in [2.75, 3.05) is 7.11 Å². The summed E-state index contributed by atoms with van der Waals surface area (Å²) in [7, 11) is 1.66. The first-order chi connectivity index (χ1) is 11.2. The van der Waals surface area contributed by atoms with Crippen LogP contribution >= 0.6 is 0 Å². The van der Waals surface area contributed by atoms with Gasteiger partial charge in [-0.05, 0) is 51.9 Å². The third-order valence-electron chi connectivity index (χ3n) is 6.61. The fourth-order valence-electron chi connectivity index (χ4n) is 5.10. The van der Waals surface area contributed by atoms with Crippen molar-refractivity contribution in [3.63, 3.8) is 0 Å². The molecule has 2 saturated heterocycles. The lowest BCUT2D eigenvalue weighted by atomic mass is 9.58. The number of ether oxygens (including phenoxy) is 4. The maximum atomic E-state index is 11.8. The minimum absolute atomic E-state index is 0.0709. The zero-order valence-electron chi connectivity index (χ0n) is 16.0. The Hall–Kier alpha value is -0.200. The van der Waals surface area contributed by atoms with Gasteiger partial charge in [-0.2, -0.15) is 0 Å². The Morgan fingerprint density at radius 2 is 1.83 bits per heavy atom.